The zero-order chi connectivity index (χ0) is 17.5. The van der Waals surface area contributed by atoms with Gasteiger partial charge in [0.05, 0.1) is 5.92 Å². The number of carbonyl (C=O) groups excluding carboxylic acids is 2. The van der Waals surface area contributed by atoms with Crippen LogP contribution in [-0.2, 0) is 16.0 Å². The van der Waals surface area contributed by atoms with Crippen LogP contribution in [0.25, 0.3) is 0 Å². The Hall–Kier alpha value is -2.10. The van der Waals surface area contributed by atoms with Gasteiger partial charge in [0.25, 0.3) is 0 Å². The summed E-state index contributed by atoms with van der Waals surface area (Å²) in [4.78, 5) is 26.5. The molecule has 0 spiro atoms. The second-order valence-corrected chi connectivity index (χ2v) is 7.23. The first-order chi connectivity index (χ1) is 12.2. The molecule has 1 aliphatic carbocycles. The number of rotatable bonds is 7. The Labute approximate surface area is 150 Å². The van der Waals surface area contributed by atoms with E-state index in [-0.39, 0.29) is 17.7 Å². The molecule has 25 heavy (non-hydrogen) atoms. The second kappa shape index (κ2) is 8.84. The SMILES string of the molecule is O=C(NCC1CC1)C1CCCN(C(=O)CC=CCc2ccccc2)C1. The van der Waals surface area contributed by atoms with Gasteiger partial charge in [0, 0.05) is 26.1 Å². The molecule has 134 valence electrons. The van der Waals surface area contributed by atoms with Crippen molar-refractivity contribution >= 4 is 11.8 Å². The zero-order valence-electron chi connectivity index (χ0n) is 14.8. The van der Waals surface area contributed by atoms with E-state index >= 15 is 0 Å². The molecule has 1 N–H and O–H groups in total. The fraction of sp³-hybridized carbons (Fsp3) is 0.524. The van der Waals surface area contributed by atoms with Gasteiger partial charge in [0.15, 0.2) is 0 Å². The third-order valence-corrected chi connectivity index (χ3v) is 5.06. The number of amides is 2. The highest BCUT2D eigenvalue weighted by molar-refractivity contribution is 5.81. The molecule has 1 saturated carbocycles. The van der Waals surface area contributed by atoms with Crippen LogP contribution in [0.3, 0.4) is 0 Å². The van der Waals surface area contributed by atoms with Crippen molar-refractivity contribution in [2.45, 2.75) is 38.5 Å². The number of hydrogen-bond acceptors (Lipinski definition) is 2. The number of nitrogens with one attached hydrogen (secondary N) is 1. The largest absolute Gasteiger partial charge is 0.356 e. The lowest BCUT2D eigenvalue weighted by Gasteiger charge is -2.32. The number of carbonyl (C=O) groups is 2. The molecule has 0 aromatic heterocycles. The highest BCUT2D eigenvalue weighted by Gasteiger charge is 2.29. The van der Waals surface area contributed by atoms with Crippen molar-refractivity contribution in [2.24, 2.45) is 11.8 Å². The van der Waals surface area contributed by atoms with Gasteiger partial charge in [0.1, 0.15) is 0 Å². The van der Waals surface area contributed by atoms with E-state index in [9.17, 15) is 9.59 Å². The van der Waals surface area contributed by atoms with Gasteiger partial charge in [-0.25, -0.2) is 0 Å². The third kappa shape index (κ3) is 5.73. The molecular weight excluding hydrogens is 312 g/mol. The van der Waals surface area contributed by atoms with E-state index in [0.29, 0.717) is 18.9 Å². The number of hydrogen-bond donors (Lipinski definition) is 1. The topological polar surface area (TPSA) is 49.4 Å². The average molecular weight is 340 g/mol. The van der Waals surface area contributed by atoms with Gasteiger partial charge >= 0.3 is 0 Å². The first kappa shape index (κ1) is 17.7. The quantitative estimate of drug-likeness (QED) is 0.776. The lowest BCUT2D eigenvalue weighted by atomic mass is 9.96. The summed E-state index contributed by atoms with van der Waals surface area (Å²) in [6, 6.07) is 10.2. The molecule has 1 heterocycles. The van der Waals surface area contributed by atoms with Crippen molar-refractivity contribution < 1.29 is 9.59 Å². The van der Waals surface area contributed by atoms with Crippen LogP contribution in [0.15, 0.2) is 42.5 Å². The molecule has 3 rings (SSSR count). The van der Waals surface area contributed by atoms with Crippen LogP contribution in [0.4, 0.5) is 0 Å². The molecule has 2 amide bonds. The Morgan fingerprint density at radius 2 is 1.92 bits per heavy atom. The Morgan fingerprint density at radius 1 is 1.12 bits per heavy atom. The molecule has 4 heteroatoms. The van der Waals surface area contributed by atoms with Crippen LogP contribution < -0.4 is 5.32 Å². The third-order valence-electron chi connectivity index (χ3n) is 5.06. The minimum atomic E-state index is -0.0373. The second-order valence-electron chi connectivity index (χ2n) is 7.23. The summed E-state index contributed by atoms with van der Waals surface area (Å²) in [5, 5.41) is 3.05. The predicted molar refractivity (Wildman–Crippen MR) is 98.9 cm³/mol. The number of allylic oxidation sites excluding steroid dienone is 1. The molecule has 1 aromatic rings. The van der Waals surface area contributed by atoms with E-state index in [2.05, 4.69) is 23.5 Å². The molecule has 4 nitrogen and oxygen atoms in total. The van der Waals surface area contributed by atoms with Crippen LogP contribution in [0.1, 0.15) is 37.7 Å². The fourth-order valence-electron chi connectivity index (χ4n) is 3.28. The zero-order valence-corrected chi connectivity index (χ0v) is 14.8. The summed E-state index contributed by atoms with van der Waals surface area (Å²) < 4.78 is 0. The Balaban J connectivity index is 1.40. The van der Waals surface area contributed by atoms with E-state index < -0.39 is 0 Å². The van der Waals surface area contributed by atoms with Crippen LogP contribution in [0.5, 0.6) is 0 Å². The first-order valence-corrected chi connectivity index (χ1v) is 9.47. The van der Waals surface area contributed by atoms with Crippen molar-refractivity contribution in [3.63, 3.8) is 0 Å². The van der Waals surface area contributed by atoms with Gasteiger partial charge in [0.2, 0.25) is 11.8 Å². The molecule has 1 saturated heterocycles. The highest BCUT2D eigenvalue weighted by atomic mass is 16.2. The molecule has 1 unspecified atom stereocenters. The van der Waals surface area contributed by atoms with Gasteiger partial charge in [-0.3, -0.25) is 9.59 Å². The molecule has 2 fully saturated rings. The van der Waals surface area contributed by atoms with Crippen LogP contribution >= 0.6 is 0 Å². The average Bonchev–Trinajstić information content (AvgIpc) is 3.48. The fourth-order valence-corrected chi connectivity index (χ4v) is 3.28. The Bertz CT molecular complexity index is 608. The summed E-state index contributed by atoms with van der Waals surface area (Å²) in [6.45, 7) is 2.16. The molecule has 1 aliphatic heterocycles. The van der Waals surface area contributed by atoms with Crippen molar-refractivity contribution in [3.8, 4) is 0 Å². The maximum Gasteiger partial charge on any atom is 0.226 e. The van der Waals surface area contributed by atoms with E-state index in [1.807, 2.05) is 29.2 Å². The van der Waals surface area contributed by atoms with Gasteiger partial charge in [-0.15, -0.1) is 0 Å². The maximum absolute atomic E-state index is 12.4. The van der Waals surface area contributed by atoms with Gasteiger partial charge < -0.3 is 10.2 Å². The normalized spacial score (nSPS) is 20.6. The number of nitrogens with zero attached hydrogens (tertiary/aromatic N) is 1. The number of piperidine rings is 1. The molecule has 2 aliphatic rings. The van der Waals surface area contributed by atoms with E-state index in [4.69, 9.17) is 0 Å². The molecule has 0 radical (unpaired) electrons. The number of likely N-dealkylation sites (tertiary alicyclic amines) is 1. The molecule has 1 atom stereocenters. The lowest BCUT2D eigenvalue weighted by Crippen LogP contribution is -2.45. The van der Waals surface area contributed by atoms with E-state index in [1.54, 1.807) is 0 Å². The van der Waals surface area contributed by atoms with Crippen molar-refractivity contribution in [2.75, 3.05) is 19.6 Å². The minimum Gasteiger partial charge on any atom is -0.356 e. The molecule has 0 bridgehead atoms. The minimum absolute atomic E-state index is 0.0373. The summed E-state index contributed by atoms with van der Waals surface area (Å²) in [6.07, 6.45) is 9.56. The summed E-state index contributed by atoms with van der Waals surface area (Å²) in [7, 11) is 0. The highest BCUT2D eigenvalue weighted by Crippen LogP contribution is 2.28. The smallest absolute Gasteiger partial charge is 0.226 e. The predicted octanol–water partition coefficient (Wildman–Crippen LogP) is 2.94. The number of benzene rings is 1. The van der Waals surface area contributed by atoms with E-state index in [1.165, 1.54) is 18.4 Å². The summed E-state index contributed by atoms with van der Waals surface area (Å²) >= 11 is 0. The Kier molecular flexibility index (Phi) is 6.26. The van der Waals surface area contributed by atoms with Crippen LogP contribution in [0.2, 0.25) is 0 Å². The van der Waals surface area contributed by atoms with Crippen molar-refractivity contribution in [1.29, 1.82) is 0 Å². The van der Waals surface area contributed by atoms with Crippen molar-refractivity contribution in [3.05, 3.63) is 48.0 Å². The molecular formula is C21H28N2O2. The monoisotopic (exact) mass is 340 g/mol. The first-order valence-electron chi connectivity index (χ1n) is 9.47. The van der Waals surface area contributed by atoms with Crippen molar-refractivity contribution in [1.82, 2.24) is 10.2 Å². The summed E-state index contributed by atoms with van der Waals surface area (Å²) in [5.41, 5.74) is 1.25. The lowest BCUT2D eigenvalue weighted by molar-refractivity contribution is -0.135. The molecule has 1 aromatic carbocycles. The standard InChI is InChI=1S/C21H28N2O2/c24-20(11-5-4-9-17-7-2-1-3-8-17)23-14-6-10-19(16-23)21(25)22-15-18-12-13-18/h1-5,7-8,18-19H,6,9-16H2,(H,22,25). The van der Waals surface area contributed by atoms with E-state index in [0.717, 1.165) is 32.4 Å². The van der Waals surface area contributed by atoms with Gasteiger partial charge in [-0.2, -0.15) is 0 Å². The Morgan fingerprint density at radius 3 is 2.68 bits per heavy atom. The maximum atomic E-state index is 12.4. The van der Waals surface area contributed by atoms with Gasteiger partial charge in [-0.05, 0) is 43.6 Å². The van der Waals surface area contributed by atoms with Gasteiger partial charge in [-0.1, -0.05) is 42.5 Å². The summed E-state index contributed by atoms with van der Waals surface area (Å²) in [5.74, 6) is 0.915. The van der Waals surface area contributed by atoms with Crippen LogP contribution in [-0.4, -0.2) is 36.3 Å². The van der Waals surface area contributed by atoms with Crippen LogP contribution in [0, 0.1) is 11.8 Å².